The third kappa shape index (κ3) is 6.47. The molecule has 1 heterocycles. The SMILES string of the molecule is C=CC[C@]1(C(=O)NNCc2cc(F)ccc2F)N=C(c2ccc(OCCCO)cc2)O[C@H]1c1cccc(OC)c1. The first-order valence-corrected chi connectivity index (χ1v) is 12.7. The number of carbonyl (C=O) groups excluding carboxylic acids is 1. The lowest BCUT2D eigenvalue weighted by molar-refractivity contribution is -0.129. The van der Waals surface area contributed by atoms with Crippen molar-refractivity contribution in [3.05, 3.63) is 108 Å². The van der Waals surface area contributed by atoms with E-state index in [0.717, 1.165) is 18.2 Å². The van der Waals surface area contributed by atoms with Gasteiger partial charge >= 0.3 is 0 Å². The minimum atomic E-state index is -1.48. The molecule has 1 amide bonds. The minimum Gasteiger partial charge on any atom is -0.497 e. The molecule has 3 N–H and O–H groups in total. The Morgan fingerprint density at radius 1 is 1.15 bits per heavy atom. The average molecular weight is 552 g/mol. The van der Waals surface area contributed by atoms with Crippen molar-refractivity contribution < 1.29 is 32.9 Å². The zero-order valence-electron chi connectivity index (χ0n) is 22.0. The monoisotopic (exact) mass is 551 g/mol. The summed E-state index contributed by atoms with van der Waals surface area (Å²) in [5, 5.41) is 8.96. The van der Waals surface area contributed by atoms with Gasteiger partial charge in [-0.1, -0.05) is 18.2 Å². The quantitative estimate of drug-likeness (QED) is 0.166. The predicted octanol–water partition coefficient (Wildman–Crippen LogP) is 4.39. The average Bonchev–Trinajstić information content (AvgIpc) is 3.36. The fraction of sp³-hybridized carbons (Fsp3) is 0.267. The van der Waals surface area contributed by atoms with Crippen LogP contribution in [0.25, 0.3) is 0 Å². The highest BCUT2D eigenvalue weighted by Crippen LogP contribution is 2.43. The first kappa shape index (κ1) is 28.7. The van der Waals surface area contributed by atoms with Gasteiger partial charge in [0.05, 0.1) is 13.7 Å². The number of nitrogens with one attached hydrogen (secondary N) is 2. The van der Waals surface area contributed by atoms with Crippen molar-refractivity contribution in [2.75, 3.05) is 20.3 Å². The van der Waals surface area contributed by atoms with Crippen molar-refractivity contribution in [3.8, 4) is 11.5 Å². The number of hydrazine groups is 1. The molecule has 8 nitrogen and oxygen atoms in total. The molecule has 210 valence electrons. The van der Waals surface area contributed by atoms with Crippen LogP contribution in [0.1, 0.15) is 35.6 Å². The second-order valence-corrected chi connectivity index (χ2v) is 9.10. The number of methoxy groups -OCH3 is 1. The zero-order valence-corrected chi connectivity index (χ0v) is 22.0. The molecule has 0 bridgehead atoms. The summed E-state index contributed by atoms with van der Waals surface area (Å²) < 4.78 is 45.0. The third-order valence-corrected chi connectivity index (χ3v) is 6.37. The first-order valence-electron chi connectivity index (χ1n) is 12.7. The van der Waals surface area contributed by atoms with E-state index in [4.69, 9.17) is 24.3 Å². The Hall–Kier alpha value is -4.28. The number of amides is 1. The van der Waals surface area contributed by atoms with Gasteiger partial charge in [0.2, 0.25) is 5.90 Å². The summed E-state index contributed by atoms with van der Waals surface area (Å²) in [5.74, 6) is -0.310. The van der Waals surface area contributed by atoms with E-state index in [1.165, 1.54) is 0 Å². The molecule has 0 spiro atoms. The number of aliphatic hydroxyl groups excluding tert-OH is 1. The molecule has 0 aliphatic carbocycles. The highest BCUT2D eigenvalue weighted by Gasteiger charge is 2.52. The summed E-state index contributed by atoms with van der Waals surface area (Å²) >= 11 is 0. The molecular weight excluding hydrogens is 520 g/mol. The molecule has 40 heavy (non-hydrogen) atoms. The van der Waals surface area contributed by atoms with Gasteiger partial charge in [-0.25, -0.2) is 19.2 Å². The summed E-state index contributed by atoms with van der Waals surface area (Å²) in [6, 6.07) is 17.3. The van der Waals surface area contributed by atoms with Gasteiger partial charge in [-0.05, 0) is 60.2 Å². The van der Waals surface area contributed by atoms with Crippen LogP contribution in [0.15, 0.2) is 84.4 Å². The highest BCUT2D eigenvalue weighted by atomic mass is 19.1. The summed E-state index contributed by atoms with van der Waals surface area (Å²) in [7, 11) is 1.54. The van der Waals surface area contributed by atoms with Gasteiger partial charge in [-0.2, -0.15) is 0 Å². The zero-order chi connectivity index (χ0) is 28.5. The van der Waals surface area contributed by atoms with Crippen LogP contribution < -0.4 is 20.3 Å². The van der Waals surface area contributed by atoms with Gasteiger partial charge in [0, 0.05) is 37.1 Å². The van der Waals surface area contributed by atoms with E-state index in [9.17, 15) is 13.6 Å². The Bertz CT molecular complexity index is 1370. The predicted molar refractivity (Wildman–Crippen MR) is 146 cm³/mol. The van der Waals surface area contributed by atoms with Crippen LogP contribution in [0.3, 0.4) is 0 Å². The molecule has 4 rings (SSSR count). The van der Waals surface area contributed by atoms with Crippen LogP contribution in [-0.4, -0.2) is 42.8 Å². The molecule has 3 aromatic rings. The Kier molecular flexibility index (Phi) is 9.47. The summed E-state index contributed by atoms with van der Waals surface area (Å²) in [6.45, 7) is 4.09. The number of carbonyl (C=O) groups is 1. The minimum absolute atomic E-state index is 0.0356. The van der Waals surface area contributed by atoms with E-state index >= 15 is 0 Å². The smallest absolute Gasteiger partial charge is 0.266 e. The topological polar surface area (TPSA) is 101 Å². The first-order chi connectivity index (χ1) is 19.4. The number of ether oxygens (including phenoxy) is 3. The molecule has 0 unspecified atom stereocenters. The number of aliphatic imine (C=N–C) groups is 1. The van der Waals surface area contributed by atoms with Crippen LogP contribution in [0.5, 0.6) is 11.5 Å². The Morgan fingerprint density at radius 2 is 1.95 bits per heavy atom. The molecule has 1 aliphatic rings. The van der Waals surface area contributed by atoms with Crippen molar-refractivity contribution >= 4 is 11.8 Å². The molecule has 0 aromatic heterocycles. The van der Waals surface area contributed by atoms with Crippen LogP contribution in [-0.2, 0) is 16.1 Å². The van der Waals surface area contributed by atoms with Gasteiger partial charge in [-0.15, -0.1) is 6.58 Å². The summed E-state index contributed by atoms with van der Waals surface area (Å²) in [6.07, 6.45) is 1.35. The molecule has 1 aliphatic heterocycles. The van der Waals surface area contributed by atoms with E-state index in [2.05, 4.69) is 17.4 Å². The molecule has 3 aromatic carbocycles. The highest BCUT2D eigenvalue weighted by molar-refractivity contribution is 6.01. The van der Waals surface area contributed by atoms with Gasteiger partial charge in [0.15, 0.2) is 11.6 Å². The summed E-state index contributed by atoms with van der Waals surface area (Å²) in [5.41, 5.74) is 5.13. The number of nitrogens with zero attached hydrogens (tertiary/aromatic N) is 1. The van der Waals surface area contributed by atoms with E-state index in [1.54, 1.807) is 55.7 Å². The Balaban J connectivity index is 1.64. The van der Waals surface area contributed by atoms with Crippen LogP contribution in [0, 0.1) is 11.6 Å². The molecular formula is C30H31F2N3O5. The number of benzene rings is 3. The van der Waals surface area contributed by atoms with Gasteiger partial charge < -0.3 is 19.3 Å². The molecule has 0 radical (unpaired) electrons. The van der Waals surface area contributed by atoms with Crippen molar-refractivity contribution in [1.82, 2.24) is 10.9 Å². The van der Waals surface area contributed by atoms with E-state index < -0.39 is 29.2 Å². The maximum Gasteiger partial charge on any atom is 0.266 e. The molecule has 0 fully saturated rings. The lowest BCUT2D eigenvalue weighted by atomic mass is 9.84. The maximum absolute atomic E-state index is 14.1. The van der Waals surface area contributed by atoms with E-state index in [1.807, 2.05) is 6.07 Å². The lowest BCUT2D eigenvalue weighted by Gasteiger charge is -2.29. The van der Waals surface area contributed by atoms with Crippen molar-refractivity contribution in [2.45, 2.75) is 31.0 Å². The molecule has 2 atom stereocenters. The number of aliphatic hydroxyl groups is 1. The summed E-state index contributed by atoms with van der Waals surface area (Å²) in [4.78, 5) is 18.5. The third-order valence-electron chi connectivity index (χ3n) is 6.37. The van der Waals surface area contributed by atoms with Crippen molar-refractivity contribution in [1.29, 1.82) is 0 Å². The second-order valence-electron chi connectivity index (χ2n) is 9.10. The van der Waals surface area contributed by atoms with Crippen LogP contribution in [0.2, 0.25) is 0 Å². The number of rotatable bonds is 13. The van der Waals surface area contributed by atoms with Crippen LogP contribution >= 0.6 is 0 Å². The van der Waals surface area contributed by atoms with Crippen molar-refractivity contribution in [2.24, 2.45) is 4.99 Å². The lowest BCUT2D eigenvalue weighted by Crippen LogP contribution is -2.52. The molecule has 10 heteroatoms. The van der Waals surface area contributed by atoms with Gasteiger partial charge in [0.1, 0.15) is 23.1 Å². The Labute approximate surface area is 231 Å². The van der Waals surface area contributed by atoms with Crippen molar-refractivity contribution in [3.63, 3.8) is 0 Å². The fourth-order valence-corrected chi connectivity index (χ4v) is 4.35. The molecule has 0 saturated heterocycles. The number of hydrogen-bond acceptors (Lipinski definition) is 7. The normalized spacial score (nSPS) is 18.0. The van der Waals surface area contributed by atoms with Crippen LogP contribution in [0.4, 0.5) is 8.78 Å². The molecule has 0 saturated carbocycles. The van der Waals surface area contributed by atoms with E-state index in [-0.39, 0.29) is 31.0 Å². The number of hydrogen-bond donors (Lipinski definition) is 3. The Morgan fingerprint density at radius 3 is 2.67 bits per heavy atom. The maximum atomic E-state index is 14.1. The second kappa shape index (κ2) is 13.2. The van der Waals surface area contributed by atoms with Gasteiger partial charge in [0.25, 0.3) is 5.91 Å². The largest absolute Gasteiger partial charge is 0.497 e. The standard InChI is InChI=1S/C30H31F2N3O5/c1-3-14-30(29(37)35-33-19-22-17-23(31)10-13-26(22)32)27(21-6-4-7-25(18-21)38-2)40-28(34-30)20-8-11-24(12-9-20)39-16-5-15-36/h3-4,6-13,17-18,27,33,36H,1,5,14-16,19H2,2H3,(H,35,37)/t27-,30-/m0/s1. The number of halogens is 2. The van der Waals surface area contributed by atoms with E-state index in [0.29, 0.717) is 35.7 Å². The fourth-order valence-electron chi connectivity index (χ4n) is 4.35. The van der Waals surface area contributed by atoms with Gasteiger partial charge in [-0.3, -0.25) is 10.2 Å².